The minimum atomic E-state index is 0.0443. The first-order valence-corrected chi connectivity index (χ1v) is 7.65. The predicted octanol–water partition coefficient (Wildman–Crippen LogP) is 2.33. The summed E-state index contributed by atoms with van der Waals surface area (Å²) in [7, 11) is 1.89. The number of nitrogens with two attached hydrogens (primary N) is 1. The van der Waals surface area contributed by atoms with Gasteiger partial charge in [0.05, 0.1) is 0 Å². The first-order valence-electron chi connectivity index (χ1n) is 7.65. The second kappa shape index (κ2) is 8.29. The van der Waals surface area contributed by atoms with Gasteiger partial charge in [0.1, 0.15) is 6.33 Å². The molecular formula is C16H23N5O. The average Bonchev–Trinajstić information content (AvgIpc) is 2.93. The van der Waals surface area contributed by atoms with E-state index in [1.165, 1.54) is 0 Å². The number of benzene rings is 1. The Balaban J connectivity index is 1.88. The lowest BCUT2D eigenvalue weighted by Gasteiger charge is -2.07. The largest absolute Gasteiger partial charge is 0.330 e. The van der Waals surface area contributed by atoms with Gasteiger partial charge in [-0.25, -0.2) is 0 Å². The molecule has 3 N–H and O–H groups in total. The Labute approximate surface area is 130 Å². The number of hydrogen-bond donors (Lipinski definition) is 2. The average molecular weight is 301 g/mol. The predicted molar refractivity (Wildman–Crippen MR) is 87.2 cm³/mol. The molecule has 0 fully saturated rings. The maximum atomic E-state index is 11.9. The van der Waals surface area contributed by atoms with Gasteiger partial charge in [0, 0.05) is 24.7 Å². The molecule has 1 aromatic carbocycles. The van der Waals surface area contributed by atoms with Crippen LogP contribution in [0.4, 0.5) is 5.69 Å². The lowest BCUT2D eigenvalue weighted by Crippen LogP contribution is -2.11. The summed E-state index contributed by atoms with van der Waals surface area (Å²) >= 11 is 0. The fraction of sp³-hybridized carbons (Fsp3) is 0.438. The highest BCUT2D eigenvalue weighted by molar-refractivity contribution is 5.91. The fourth-order valence-electron chi connectivity index (χ4n) is 2.29. The zero-order valence-corrected chi connectivity index (χ0v) is 13.0. The highest BCUT2D eigenvalue weighted by atomic mass is 16.1. The van der Waals surface area contributed by atoms with Crippen molar-refractivity contribution in [1.29, 1.82) is 0 Å². The first-order chi connectivity index (χ1) is 10.7. The van der Waals surface area contributed by atoms with E-state index in [1.54, 1.807) is 6.33 Å². The Morgan fingerprint density at radius 2 is 2.09 bits per heavy atom. The van der Waals surface area contributed by atoms with Crippen molar-refractivity contribution in [3.63, 3.8) is 0 Å². The van der Waals surface area contributed by atoms with Crippen molar-refractivity contribution in [3.05, 3.63) is 30.6 Å². The molecule has 6 nitrogen and oxygen atoms in total. The number of aryl methyl sites for hydroxylation is 1. The molecule has 0 aliphatic rings. The molecule has 2 aromatic rings. The van der Waals surface area contributed by atoms with Crippen LogP contribution in [0.2, 0.25) is 0 Å². The van der Waals surface area contributed by atoms with Crippen LogP contribution in [0.1, 0.15) is 32.1 Å². The monoisotopic (exact) mass is 301 g/mol. The van der Waals surface area contributed by atoms with Gasteiger partial charge in [-0.05, 0) is 31.5 Å². The zero-order chi connectivity index (χ0) is 15.8. The number of nitrogens with zero attached hydrogens (tertiary/aromatic N) is 3. The molecule has 0 aliphatic carbocycles. The molecular weight excluding hydrogens is 278 g/mol. The van der Waals surface area contributed by atoms with Crippen LogP contribution in [-0.4, -0.2) is 27.2 Å². The quantitative estimate of drug-likeness (QED) is 0.733. The normalized spacial score (nSPS) is 10.6. The van der Waals surface area contributed by atoms with Gasteiger partial charge in [-0.3, -0.25) is 4.79 Å². The summed E-state index contributed by atoms with van der Waals surface area (Å²) in [5, 5.41) is 10.9. The van der Waals surface area contributed by atoms with Crippen molar-refractivity contribution in [3.8, 4) is 11.4 Å². The van der Waals surface area contributed by atoms with Crippen LogP contribution in [0, 0.1) is 0 Å². The molecule has 0 aliphatic heterocycles. The summed E-state index contributed by atoms with van der Waals surface area (Å²) in [6.07, 6.45) is 6.26. The second-order valence-corrected chi connectivity index (χ2v) is 5.35. The molecule has 0 bridgehead atoms. The summed E-state index contributed by atoms with van der Waals surface area (Å²) in [6, 6.07) is 7.65. The molecule has 0 unspecified atom stereocenters. The third-order valence-corrected chi connectivity index (χ3v) is 3.47. The van der Waals surface area contributed by atoms with Crippen LogP contribution in [0.25, 0.3) is 11.4 Å². The summed E-state index contributed by atoms with van der Waals surface area (Å²) < 4.78 is 1.85. The molecule has 118 valence electrons. The van der Waals surface area contributed by atoms with E-state index in [4.69, 9.17) is 5.73 Å². The standard InChI is InChI=1S/C16H23N5O/c1-21-12-18-20-16(21)13-7-6-8-14(11-13)19-15(22)9-4-2-3-5-10-17/h6-8,11-12H,2-5,9-10,17H2,1H3,(H,19,22). The highest BCUT2D eigenvalue weighted by Gasteiger charge is 2.07. The van der Waals surface area contributed by atoms with E-state index in [1.807, 2.05) is 35.9 Å². The number of nitrogens with one attached hydrogen (secondary N) is 1. The second-order valence-electron chi connectivity index (χ2n) is 5.35. The topological polar surface area (TPSA) is 85.8 Å². The highest BCUT2D eigenvalue weighted by Crippen LogP contribution is 2.20. The van der Waals surface area contributed by atoms with Crippen LogP contribution in [0.15, 0.2) is 30.6 Å². The smallest absolute Gasteiger partial charge is 0.224 e. The summed E-state index contributed by atoms with van der Waals surface area (Å²) in [5.41, 5.74) is 7.16. The van der Waals surface area contributed by atoms with E-state index >= 15 is 0 Å². The van der Waals surface area contributed by atoms with Crippen LogP contribution in [0.3, 0.4) is 0 Å². The van der Waals surface area contributed by atoms with Crippen LogP contribution >= 0.6 is 0 Å². The van der Waals surface area contributed by atoms with E-state index in [2.05, 4.69) is 15.5 Å². The zero-order valence-electron chi connectivity index (χ0n) is 13.0. The maximum Gasteiger partial charge on any atom is 0.224 e. The van der Waals surface area contributed by atoms with Crippen LogP contribution < -0.4 is 11.1 Å². The molecule has 22 heavy (non-hydrogen) atoms. The van der Waals surface area contributed by atoms with Gasteiger partial charge in [0.2, 0.25) is 5.91 Å². The van der Waals surface area contributed by atoms with E-state index in [-0.39, 0.29) is 5.91 Å². The van der Waals surface area contributed by atoms with Gasteiger partial charge in [0.15, 0.2) is 5.82 Å². The SMILES string of the molecule is Cn1cnnc1-c1cccc(NC(=O)CCCCCCN)c1. The van der Waals surface area contributed by atoms with E-state index < -0.39 is 0 Å². The minimum absolute atomic E-state index is 0.0443. The number of rotatable bonds is 8. The Kier molecular flexibility index (Phi) is 6.09. The summed E-state index contributed by atoms with van der Waals surface area (Å²) in [4.78, 5) is 11.9. The molecule has 0 saturated heterocycles. The maximum absolute atomic E-state index is 11.9. The third kappa shape index (κ3) is 4.66. The number of aromatic nitrogens is 3. The molecule has 0 radical (unpaired) electrons. The summed E-state index contributed by atoms with van der Waals surface area (Å²) in [6.45, 7) is 0.723. The Morgan fingerprint density at radius 1 is 1.27 bits per heavy atom. The van der Waals surface area contributed by atoms with Gasteiger partial charge in [0.25, 0.3) is 0 Å². The molecule has 0 saturated carbocycles. The van der Waals surface area contributed by atoms with Gasteiger partial charge in [-0.15, -0.1) is 10.2 Å². The molecule has 1 aromatic heterocycles. The van der Waals surface area contributed by atoms with E-state index in [0.29, 0.717) is 6.42 Å². The molecule has 1 heterocycles. The summed E-state index contributed by atoms with van der Waals surface area (Å²) in [5.74, 6) is 0.820. The molecule has 1 amide bonds. The molecule has 2 rings (SSSR count). The number of carbonyl (C=O) groups excluding carboxylic acids is 1. The Morgan fingerprint density at radius 3 is 2.82 bits per heavy atom. The Hall–Kier alpha value is -2.21. The number of carbonyl (C=O) groups is 1. The molecule has 0 spiro atoms. The van der Waals surface area contributed by atoms with Crippen molar-refractivity contribution in [1.82, 2.24) is 14.8 Å². The van der Waals surface area contributed by atoms with Crippen molar-refractivity contribution in [2.45, 2.75) is 32.1 Å². The van der Waals surface area contributed by atoms with Crippen LogP contribution in [-0.2, 0) is 11.8 Å². The Bertz CT molecular complexity index is 608. The minimum Gasteiger partial charge on any atom is -0.330 e. The van der Waals surface area contributed by atoms with Crippen molar-refractivity contribution in [2.75, 3.05) is 11.9 Å². The van der Waals surface area contributed by atoms with Crippen LogP contribution in [0.5, 0.6) is 0 Å². The number of unbranched alkanes of at least 4 members (excludes halogenated alkanes) is 3. The van der Waals surface area contributed by atoms with E-state index in [0.717, 1.165) is 49.3 Å². The molecule has 6 heteroatoms. The fourth-order valence-corrected chi connectivity index (χ4v) is 2.29. The van der Waals surface area contributed by atoms with Crippen molar-refractivity contribution < 1.29 is 4.79 Å². The van der Waals surface area contributed by atoms with Gasteiger partial charge >= 0.3 is 0 Å². The van der Waals surface area contributed by atoms with Gasteiger partial charge in [-0.2, -0.15) is 0 Å². The lowest BCUT2D eigenvalue weighted by molar-refractivity contribution is -0.116. The number of hydrogen-bond acceptors (Lipinski definition) is 4. The van der Waals surface area contributed by atoms with Gasteiger partial charge in [-0.1, -0.05) is 25.0 Å². The van der Waals surface area contributed by atoms with Crippen molar-refractivity contribution in [2.24, 2.45) is 12.8 Å². The third-order valence-electron chi connectivity index (χ3n) is 3.47. The van der Waals surface area contributed by atoms with Gasteiger partial charge < -0.3 is 15.6 Å². The number of anilines is 1. The van der Waals surface area contributed by atoms with E-state index in [9.17, 15) is 4.79 Å². The lowest BCUT2D eigenvalue weighted by atomic mass is 10.1. The molecule has 0 atom stereocenters. The van der Waals surface area contributed by atoms with Crippen molar-refractivity contribution >= 4 is 11.6 Å². The number of amides is 1. The first kappa shape index (κ1) is 16.2.